The lowest BCUT2D eigenvalue weighted by Crippen LogP contribution is -1.94. The second kappa shape index (κ2) is 3.83. The molecule has 1 aromatic heterocycles. The fourth-order valence-corrected chi connectivity index (χ4v) is 0.953. The first-order valence-corrected chi connectivity index (χ1v) is 3.66. The minimum Gasteiger partial charge on any atom is -0.392 e. The van der Waals surface area contributed by atoms with E-state index in [2.05, 4.69) is 18.1 Å². The van der Waals surface area contributed by atoms with Crippen LogP contribution in [-0.2, 0) is 0 Å². The highest BCUT2D eigenvalue weighted by molar-refractivity contribution is 5.69. The lowest BCUT2D eigenvalue weighted by atomic mass is 10.1. The van der Waals surface area contributed by atoms with Crippen molar-refractivity contribution in [2.45, 2.75) is 0 Å². The Morgan fingerprint density at radius 1 is 1.67 bits per heavy atom. The number of pyridine rings is 1. The summed E-state index contributed by atoms with van der Waals surface area (Å²) in [7, 11) is 0. The van der Waals surface area contributed by atoms with Gasteiger partial charge in [0.15, 0.2) is 0 Å². The molecule has 2 nitrogen and oxygen atoms in total. The summed E-state index contributed by atoms with van der Waals surface area (Å²) in [5, 5.41) is 8.83. The maximum absolute atomic E-state index is 8.83. The average Bonchev–Trinajstić information content (AvgIpc) is 2.16. The predicted molar refractivity (Wildman–Crippen MR) is 50.4 cm³/mol. The van der Waals surface area contributed by atoms with Gasteiger partial charge in [-0.1, -0.05) is 25.3 Å². The number of nitrogens with zero attached hydrogens (tertiary/aromatic N) is 1. The van der Waals surface area contributed by atoms with Crippen molar-refractivity contribution in [3.63, 3.8) is 0 Å². The molecule has 0 spiro atoms. The van der Waals surface area contributed by atoms with Crippen LogP contribution in [0.25, 0.3) is 11.6 Å². The number of hydrogen-bond donors (Lipinski definition) is 1. The topological polar surface area (TPSA) is 33.1 Å². The van der Waals surface area contributed by atoms with E-state index in [-0.39, 0.29) is 6.61 Å². The van der Waals surface area contributed by atoms with E-state index in [0.29, 0.717) is 5.57 Å². The van der Waals surface area contributed by atoms with Crippen LogP contribution in [0.5, 0.6) is 0 Å². The van der Waals surface area contributed by atoms with Gasteiger partial charge in [0.25, 0.3) is 0 Å². The number of hydrogen-bond acceptors (Lipinski definition) is 2. The second-order valence-corrected chi connectivity index (χ2v) is 2.41. The summed E-state index contributed by atoms with van der Waals surface area (Å²) in [5.41, 5.74) is 2.23. The molecule has 0 aliphatic heterocycles. The maximum Gasteiger partial charge on any atom is 0.0750 e. The summed E-state index contributed by atoms with van der Waals surface area (Å²) < 4.78 is 0. The minimum absolute atomic E-state index is 0.0716. The Morgan fingerprint density at radius 3 is 3.00 bits per heavy atom. The number of aliphatic hydroxyl groups is 1. The smallest absolute Gasteiger partial charge is 0.0750 e. The van der Waals surface area contributed by atoms with Crippen molar-refractivity contribution < 1.29 is 5.11 Å². The molecule has 1 rings (SSSR count). The van der Waals surface area contributed by atoms with Crippen molar-refractivity contribution in [2.24, 2.45) is 0 Å². The molecular weight excluding hydrogens is 150 g/mol. The number of aliphatic hydroxyl groups excluding tert-OH is 1. The van der Waals surface area contributed by atoms with Gasteiger partial charge in [-0.25, -0.2) is 0 Å². The lowest BCUT2D eigenvalue weighted by Gasteiger charge is -2.04. The zero-order chi connectivity index (χ0) is 8.97. The van der Waals surface area contributed by atoms with Gasteiger partial charge in [0, 0.05) is 6.20 Å². The average molecular weight is 161 g/mol. The van der Waals surface area contributed by atoms with E-state index < -0.39 is 0 Å². The highest BCUT2D eigenvalue weighted by atomic mass is 16.3. The fraction of sp³-hybridized carbons (Fsp3) is 0.100. The summed E-state index contributed by atoms with van der Waals surface area (Å²) in [5.74, 6) is 0. The highest BCUT2D eigenvalue weighted by Crippen LogP contribution is 2.14. The van der Waals surface area contributed by atoms with Crippen LogP contribution in [0.1, 0.15) is 11.3 Å². The predicted octanol–water partition coefficient (Wildman–Crippen LogP) is 1.73. The van der Waals surface area contributed by atoms with Crippen LogP contribution in [0.4, 0.5) is 0 Å². The van der Waals surface area contributed by atoms with Gasteiger partial charge in [-0.3, -0.25) is 4.98 Å². The van der Waals surface area contributed by atoms with E-state index in [1.807, 2.05) is 12.1 Å². The Balaban J connectivity index is 3.13. The molecule has 0 aliphatic carbocycles. The van der Waals surface area contributed by atoms with E-state index in [9.17, 15) is 0 Å². The molecular formula is C10H11NO. The van der Waals surface area contributed by atoms with Gasteiger partial charge >= 0.3 is 0 Å². The van der Waals surface area contributed by atoms with Crippen molar-refractivity contribution in [1.82, 2.24) is 4.98 Å². The Kier molecular flexibility index (Phi) is 2.77. The van der Waals surface area contributed by atoms with Crippen LogP contribution in [0.15, 0.2) is 31.5 Å². The van der Waals surface area contributed by atoms with Gasteiger partial charge in [0.1, 0.15) is 0 Å². The normalized spacial score (nSPS) is 9.42. The molecule has 0 saturated heterocycles. The van der Waals surface area contributed by atoms with Gasteiger partial charge in [0.2, 0.25) is 0 Å². The Bertz CT molecular complexity index is 304. The van der Waals surface area contributed by atoms with Gasteiger partial charge in [0.05, 0.1) is 12.3 Å². The van der Waals surface area contributed by atoms with Crippen LogP contribution in [-0.4, -0.2) is 16.7 Å². The van der Waals surface area contributed by atoms with Crippen molar-refractivity contribution in [1.29, 1.82) is 0 Å². The van der Waals surface area contributed by atoms with Crippen LogP contribution >= 0.6 is 0 Å². The third kappa shape index (κ3) is 1.60. The standard InChI is InChI=1S/C10H11NO/c1-3-9-5-4-6-11-10(9)8(2)7-12/h3-6,12H,1-2,7H2. The summed E-state index contributed by atoms with van der Waals surface area (Å²) >= 11 is 0. The van der Waals surface area contributed by atoms with E-state index in [1.165, 1.54) is 0 Å². The first-order valence-electron chi connectivity index (χ1n) is 3.66. The quantitative estimate of drug-likeness (QED) is 0.732. The zero-order valence-corrected chi connectivity index (χ0v) is 6.83. The van der Waals surface area contributed by atoms with Gasteiger partial charge in [-0.15, -0.1) is 0 Å². The molecule has 12 heavy (non-hydrogen) atoms. The molecule has 0 aliphatic rings. The van der Waals surface area contributed by atoms with Crippen LogP contribution in [0.3, 0.4) is 0 Å². The summed E-state index contributed by atoms with van der Waals surface area (Å²) in [6, 6.07) is 3.71. The van der Waals surface area contributed by atoms with Gasteiger partial charge in [-0.05, 0) is 17.2 Å². The zero-order valence-electron chi connectivity index (χ0n) is 6.83. The van der Waals surface area contributed by atoms with Crippen LogP contribution in [0.2, 0.25) is 0 Å². The Hall–Kier alpha value is -1.41. The largest absolute Gasteiger partial charge is 0.392 e. The van der Waals surface area contributed by atoms with Crippen molar-refractivity contribution in [3.05, 3.63) is 42.7 Å². The molecule has 2 heteroatoms. The molecule has 1 N–H and O–H groups in total. The van der Waals surface area contributed by atoms with Gasteiger partial charge < -0.3 is 5.11 Å². The van der Waals surface area contributed by atoms with E-state index in [4.69, 9.17) is 5.11 Å². The molecule has 0 atom stereocenters. The van der Waals surface area contributed by atoms with Gasteiger partial charge in [-0.2, -0.15) is 0 Å². The Labute approximate surface area is 71.9 Å². The highest BCUT2D eigenvalue weighted by Gasteiger charge is 2.02. The fourth-order valence-electron chi connectivity index (χ4n) is 0.953. The monoisotopic (exact) mass is 161 g/mol. The SMILES string of the molecule is C=Cc1cccnc1C(=C)CO. The molecule has 0 saturated carbocycles. The molecule has 0 amide bonds. The third-order valence-corrected chi connectivity index (χ3v) is 1.58. The molecule has 1 heterocycles. The first-order chi connectivity index (χ1) is 5.79. The third-order valence-electron chi connectivity index (χ3n) is 1.58. The lowest BCUT2D eigenvalue weighted by molar-refractivity contribution is 0.350. The summed E-state index contributed by atoms with van der Waals surface area (Å²) in [6.07, 6.45) is 3.37. The van der Waals surface area contributed by atoms with E-state index in [1.54, 1.807) is 12.3 Å². The number of aromatic nitrogens is 1. The number of rotatable bonds is 3. The van der Waals surface area contributed by atoms with E-state index in [0.717, 1.165) is 11.3 Å². The molecule has 62 valence electrons. The van der Waals surface area contributed by atoms with Crippen LogP contribution < -0.4 is 0 Å². The summed E-state index contributed by atoms with van der Waals surface area (Å²) in [6.45, 7) is 7.27. The molecule has 0 radical (unpaired) electrons. The molecule has 0 bridgehead atoms. The summed E-state index contributed by atoms with van der Waals surface area (Å²) in [4.78, 5) is 4.09. The molecule has 0 unspecified atom stereocenters. The second-order valence-electron chi connectivity index (χ2n) is 2.41. The first kappa shape index (κ1) is 8.68. The minimum atomic E-state index is -0.0716. The van der Waals surface area contributed by atoms with Crippen LogP contribution in [0, 0.1) is 0 Å². The Morgan fingerprint density at radius 2 is 2.42 bits per heavy atom. The molecule has 0 aromatic carbocycles. The van der Waals surface area contributed by atoms with E-state index >= 15 is 0 Å². The maximum atomic E-state index is 8.83. The molecule has 0 fully saturated rings. The van der Waals surface area contributed by atoms with Crippen molar-refractivity contribution in [2.75, 3.05) is 6.61 Å². The molecule has 1 aromatic rings. The van der Waals surface area contributed by atoms with Crippen molar-refractivity contribution >= 4 is 11.6 Å². The van der Waals surface area contributed by atoms with Crippen molar-refractivity contribution in [3.8, 4) is 0 Å².